The Bertz CT molecular complexity index is 637. The maximum atomic E-state index is 5.54. The van der Waals surface area contributed by atoms with E-state index >= 15 is 0 Å². The highest BCUT2D eigenvalue weighted by Crippen LogP contribution is 2.34. The molecule has 1 saturated heterocycles. The van der Waals surface area contributed by atoms with Crippen LogP contribution in [0.25, 0.3) is 0 Å². The summed E-state index contributed by atoms with van der Waals surface area (Å²) in [6.45, 7) is 7.46. The Morgan fingerprint density at radius 2 is 2.09 bits per heavy atom. The van der Waals surface area contributed by atoms with Gasteiger partial charge in [0.2, 0.25) is 5.89 Å². The smallest absolute Gasteiger partial charge is 0.244 e. The zero-order chi connectivity index (χ0) is 15.7. The van der Waals surface area contributed by atoms with Gasteiger partial charge in [-0.15, -0.1) is 0 Å². The van der Waals surface area contributed by atoms with Gasteiger partial charge in [0, 0.05) is 25.8 Å². The second-order valence-electron chi connectivity index (χ2n) is 5.74. The zero-order valence-electron chi connectivity index (χ0n) is 13.5. The number of hydrogen-bond donors (Lipinski definition) is 0. The van der Waals surface area contributed by atoms with Crippen LogP contribution >= 0.6 is 0 Å². The van der Waals surface area contributed by atoms with Crippen molar-refractivity contribution in [2.75, 3.05) is 13.7 Å². The van der Waals surface area contributed by atoms with Crippen LogP contribution in [0.1, 0.15) is 48.1 Å². The van der Waals surface area contributed by atoms with Crippen LogP contribution in [-0.4, -0.2) is 40.0 Å². The third-order valence-electron chi connectivity index (χ3n) is 4.29. The maximum absolute atomic E-state index is 5.54. The van der Waals surface area contributed by atoms with Gasteiger partial charge in [-0.25, -0.2) is 0 Å². The highest BCUT2D eigenvalue weighted by Gasteiger charge is 2.37. The molecule has 0 aromatic carbocycles. The largest absolute Gasteiger partial charge is 0.380 e. The molecule has 0 spiro atoms. The summed E-state index contributed by atoms with van der Waals surface area (Å²) in [7, 11) is 1.74. The molecule has 0 N–H and O–H groups in total. The molecule has 0 aliphatic carbocycles. The minimum absolute atomic E-state index is 0.0742. The van der Waals surface area contributed by atoms with Gasteiger partial charge < -0.3 is 13.8 Å². The van der Waals surface area contributed by atoms with Gasteiger partial charge >= 0.3 is 0 Å². The monoisotopic (exact) mass is 306 g/mol. The molecular weight excluding hydrogens is 284 g/mol. The third-order valence-corrected chi connectivity index (χ3v) is 4.29. The quantitative estimate of drug-likeness (QED) is 0.838. The Labute approximate surface area is 129 Å². The molecular formula is C15H22N4O3. The molecule has 2 aromatic heterocycles. The fraction of sp³-hybridized carbons (Fsp3) is 0.667. The number of hydrogen-bond acceptors (Lipinski definition) is 7. The molecule has 0 bridgehead atoms. The number of nitrogens with zero attached hydrogens (tertiary/aromatic N) is 4. The van der Waals surface area contributed by atoms with Crippen LogP contribution in [0.4, 0.5) is 0 Å². The average molecular weight is 306 g/mol. The first-order valence-corrected chi connectivity index (χ1v) is 7.63. The Hall–Kier alpha value is -1.73. The fourth-order valence-electron chi connectivity index (χ4n) is 3.03. The van der Waals surface area contributed by atoms with Crippen molar-refractivity contribution in [3.63, 3.8) is 0 Å². The van der Waals surface area contributed by atoms with Gasteiger partial charge in [0.25, 0.3) is 0 Å². The van der Waals surface area contributed by atoms with Crippen LogP contribution in [-0.2, 0) is 17.7 Å². The molecule has 2 atom stereocenters. The number of aromatic nitrogens is 3. The molecule has 0 amide bonds. The minimum Gasteiger partial charge on any atom is -0.380 e. The van der Waals surface area contributed by atoms with E-state index in [0.29, 0.717) is 11.7 Å². The topological polar surface area (TPSA) is 77.4 Å². The van der Waals surface area contributed by atoms with Gasteiger partial charge in [-0.05, 0) is 26.7 Å². The summed E-state index contributed by atoms with van der Waals surface area (Å²) in [4.78, 5) is 6.70. The van der Waals surface area contributed by atoms with E-state index < -0.39 is 0 Å². The summed E-state index contributed by atoms with van der Waals surface area (Å²) < 4.78 is 16.3. The van der Waals surface area contributed by atoms with Crippen LogP contribution < -0.4 is 0 Å². The number of aryl methyl sites for hydroxylation is 3. The maximum Gasteiger partial charge on any atom is 0.244 e. The van der Waals surface area contributed by atoms with E-state index in [0.717, 1.165) is 42.9 Å². The summed E-state index contributed by atoms with van der Waals surface area (Å²) in [6.07, 6.45) is 1.88. The molecule has 0 unspecified atom stereocenters. The highest BCUT2D eigenvalue weighted by molar-refractivity contribution is 5.22. The van der Waals surface area contributed by atoms with Gasteiger partial charge in [-0.3, -0.25) is 4.90 Å². The van der Waals surface area contributed by atoms with Crippen molar-refractivity contribution in [1.82, 2.24) is 20.2 Å². The number of ether oxygens (including phenoxy) is 1. The lowest BCUT2D eigenvalue weighted by Gasteiger charge is -2.21. The SMILES string of the molecule is CCc1noc(C)c1CN1C[C@H](OC)C[C@@H]1c1nc(C)no1. The van der Waals surface area contributed by atoms with Crippen molar-refractivity contribution in [2.24, 2.45) is 0 Å². The van der Waals surface area contributed by atoms with Gasteiger partial charge in [0.05, 0.1) is 17.8 Å². The van der Waals surface area contributed by atoms with Crippen molar-refractivity contribution >= 4 is 0 Å². The Morgan fingerprint density at radius 3 is 2.73 bits per heavy atom. The molecule has 7 heteroatoms. The van der Waals surface area contributed by atoms with Crippen LogP contribution in [0, 0.1) is 13.8 Å². The van der Waals surface area contributed by atoms with Crippen LogP contribution in [0.3, 0.4) is 0 Å². The molecule has 22 heavy (non-hydrogen) atoms. The molecule has 0 radical (unpaired) electrons. The van der Waals surface area contributed by atoms with E-state index in [9.17, 15) is 0 Å². The van der Waals surface area contributed by atoms with Crippen LogP contribution in [0.15, 0.2) is 9.05 Å². The second-order valence-corrected chi connectivity index (χ2v) is 5.74. The lowest BCUT2D eigenvalue weighted by molar-refractivity contribution is 0.107. The summed E-state index contributed by atoms with van der Waals surface area (Å²) in [5.41, 5.74) is 2.17. The first-order chi connectivity index (χ1) is 10.6. The lowest BCUT2D eigenvalue weighted by atomic mass is 10.1. The van der Waals surface area contributed by atoms with Gasteiger partial charge in [-0.1, -0.05) is 17.2 Å². The molecule has 3 heterocycles. The summed E-state index contributed by atoms with van der Waals surface area (Å²) in [6, 6.07) is 0.0742. The van der Waals surface area contributed by atoms with E-state index in [4.69, 9.17) is 13.8 Å². The van der Waals surface area contributed by atoms with E-state index in [-0.39, 0.29) is 12.1 Å². The van der Waals surface area contributed by atoms with Gasteiger partial charge in [-0.2, -0.15) is 4.98 Å². The Morgan fingerprint density at radius 1 is 1.27 bits per heavy atom. The zero-order valence-corrected chi connectivity index (χ0v) is 13.5. The number of methoxy groups -OCH3 is 1. The second kappa shape index (κ2) is 6.18. The predicted molar refractivity (Wildman–Crippen MR) is 78.2 cm³/mol. The van der Waals surface area contributed by atoms with Crippen molar-refractivity contribution in [3.8, 4) is 0 Å². The van der Waals surface area contributed by atoms with Crippen molar-refractivity contribution in [3.05, 3.63) is 28.7 Å². The van der Waals surface area contributed by atoms with E-state index in [1.807, 2.05) is 13.8 Å². The fourth-order valence-corrected chi connectivity index (χ4v) is 3.03. The predicted octanol–water partition coefficient (Wildman–Crippen LogP) is 2.20. The van der Waals surface area contributed by atoms with Gasteiger partial charge in [0.15, 0.2) is 5.82 Å². The highest BCUT2D eigenvalue weighted by atomic mass is 16.5. The van der Waals surface area contributed by atoms with E-state index in [1.165, 1.54) is 0 Å². The molecule has 3 rings (SSSR count). The lowest BCUT2D eigenvalue weighted by Crippen LogP contribution is -2.25. The number of likely N-dealkylation sites (tertiary alicyclic amines) is 1. The first-order valence-electron chi connectivity index (χ1n) is 7.63. The van der Waals surface area contributed by atoms with Gasteiger partial charge in [0.1, 0.15) is 5.76 Å². The summed E-state index contributed by atoms with van der Waals surface area (Å²) in [5.74, 6) is 2.19. The molecule has 1 fully saturated rings. The molecule has 1 aliphatic heterocycles. The van der Waals surface area contributed by atoms with E-state index in [2.05, 4.69) is 27.1 Å². The summed E-state index contributed by atoms with van der Waals surface area (Å²) >= 11 is 0. The first kappa shape index (κ1) is 15.2. The number of rotatable bonds is 5. The average Bonchev–Trinajstić information content (AvgIpc) is 3.19. The molecule has 120 valence electrons. The van der Waals surface area contributed by atoms with Crippen LogP contribution in [0.5, 0.6) is 0 Å². The Kier molecular flexibility index (Phi) is 4.26. The standard InChI is InChI=1S/C15H22N4O3/c1-5-13-12(9(2)21-18-13)8-19-7-11(20-4)6-14(19)15-16-10(3)17-22-15/h11,14H,5-8H2,1-4H3/t11-,14-/m1/s1. The van der Waals surface area contributed by atoms with Crippen LogP contribution in [0.2, 0.25) is 0 Å². The van der Waals surface area contributed by atoms with E-state index in [1.54, 1.807) is 7.11 Å². The molecule has 1 aliphatic rings. The molecule has 2 aromatic rings. The third kappa shape index (κ3) is 2.78. The Balaban J connectivity index is 1.84. The molecule has 0 saturated carbocycles. The summed E-state index contributed by atoms with van der Waals surface area (Å²) in [5, 5.41) is 8.04. The molecule has 7 nitrogen and oxygen atoms in total. The van der Waals surface area contributed by atoms with Crippen molar-refractivity contribution < 1.29 is 13.8 Å². The normalized spacial score (nSPS) is 22.5. The minimum atomic E-state index is 0.0742. The van der Waals surface area contributed by atoms with Crippen molar-refractivity contribution in [2.45, 2.75) is 52.3 Å². The van der Waals surface area contributed by atoms with Crippen molar-refractivity contribution in [1.29, 1.82) is 0 Å².